The third-order valence-corrected chi connectivity index (χ3v) is 4.79. The molecule has 0 bridgehead atoms. The molecule has 0 spiro atoms. The minimum absolute atomic E-state index is 0.0678. The number of amides is 1. The number of nitrogens with one attached hydrogen (secondary N) is 1. The molecule has 1 amide bonds. The number of carbonyl (C=O) groups is 2. The molecule has 20 heavy (non-hydrogen) atoms. The molecule has 0 radical (unpaired) electrons. The highest BCUT2D eigenvalue weighted by Gasteiger charge is 2.30. The summed E-state index contributed by atoms with van der Waals surface area (Å²) in [5.74, 6) is -0.0337. The fraction of sp³-hybridized carbons (Fsp3) is 0.600. The van der Waals surface area contributed by atoms with E-state index in [0.717, 1.165) is 24.8 Å². The van der Waals surface area contributed by atoms with Gasteiger partial charge in [0.05, 0.1) is 12.2 Å². The van der Waals surface area contributed by atoms with Crippen LogP contribution in [0.2, 0.25) is 0 Å². The highest BCUT2D eigenvalue weighted by Crippen LogP contribution is 2.43. The van der Waals surface area contributed by atoms with E-state index in [1.165, 1.54) is 16.2 Å². The molecular formula is C15H21NO3S. The number of rotatable bonds is 4. The van der Waals surface area contributed by atoms with Gasteiger partial charge in [-0.1, -0.05) is 13.8 Å². The Morgan fingerprint density at radius 2 is 2.15 bits per heavy atom. The summed E-state index contributed by atoms with van der Waals surface area (Å²) in [4.78, 5) is 25.1. The summed E-state index contributed by atoms with van der Waals surface area (Å²) in [7, 11) is 0. The van der Waals surface area contributed by atoms with Crippen molar-refractivity contribution in [3.05, 3.63) is 16.0 Å². The summed E-state index contributed by atoms with van der Waals surface area (Å²) in [6.45, 7) is 6.08. The number of hydrogen-bond donors (Lipinski definition) is 1. The molecule has 1 aliphatic carbocycles. The first-order valence-electron chi connectivity index (χ1n) is 7.20. The molecule has 1 aromatic heterocycles. The molecule has 110 valence electrons. The molecular weight excluding hydrogens is 274 g/mol. The van der Waals surface area contributed by atoms with Gasteiger partial charge >= 0.3 is 5.97 Å². The van der Waals surface area contributed by atoms with Gasteiger partial charge in [0.1, 0.15) is 5.00 Å². The number of anilines is 1. The second-order valence-electron chi connectivity index (χ2n) is 5.06. The molecule has 1 unspecified atom stereocenters. The van der Waals surface area contributed by atoms with Gasteiger partial charge in [-0.2, -0.15) is 0 Å². The zero-order valence-electron chi connectivity index (χ0n) is 12.2. The van der Waals surface area contributed by atoms with E-state index in [1.54, 1.807) is 13.8 Å². The average Bonchev–Trinajstić information content (AvgIpc) is 2.78. The van der Waals surface area contributed by atoms with Crippen molar-refractivity contribution in [2.75, 3.05) is 11.9 Å². The number of hydrogen-bond acceptors (Lipinski definition) is 4. The lowest BCUT2D eigenvalue weighted by molar-refractivity contribution is -0.115. The average molecular weight is 295 g/mol. The third kappa shape index (κ3) is 2.87. The number of aryl methyl sites for hydroxylation is 1. The monoisotopic (exact) mass is 295 g/mol. The normalized spacial score (nSPS) is 17.4. The summed E-state index contributed by atoms with van der Waals surface area (Å²) >= 11 is 1.53. The van der Waals surface area contributed by atoms with Crippen LogP contribution in [0, 0.1) is 0 Å². The van der Waals surface area contributed by atoms with Gasteiger partial charge in [0, 0.05) is 11.3 Å². The number of fused-ring (bicyclic) bond motifs is 1. The summed E-state index contributed by atoms with van der Waals surface area (Å²) in [5, 5.41) is 3.52. The van der Waals surface area contributed by atoms with Gasteiger partial charge in [-0.25, -0.2) is 4.79 Å². The number of ether oxygens (including phenoxy) is 1. The van der Waals surface area contributed by atoms with Gasteiger partial charge in [-0.05, 0) is 37.7 Å². The lowest BCUT2D eigenvalue weighted by Gasteiger charge is -2.19. The van der Waals surface area contributed by atoms with Crippen molar-refractivity contribution in [1.82, 2.24) is 0 Å². The number of carbonyl (C=O) groups excluding carboxylic acids is 2. The first kappa shape index (κ1) is 15.0. The van der Waals surface area contributed by atoms with Crippen LogP contribution in [0.5, 0.6) is 0 Å². The minimum Gasteiger partial charge on any atom is -0.462 e. The molecule has 1 aromatic rings. The van der Waals surface area contributed by atoms with Gasteiger partial charge in [-0.15, -0.1) is 11.3 Å². The Labute approximate surface area is 123 Å². The first-order chi connectivity index (χ1) is 9.58. The molecule has 4 nitrogen and oxygen atoms in total. The Balaban J connectivity index is 2.45. The molecule has 0 aliphatic heterocycles. The Bertz CT molecular complexity index is 521. The van der Waals surface area contributed by atoms with E-state index in [0.29, 0.717) is 29.5 Å². The quantitative estimate of drug-likeness (QED) is 0.861. The van der Waals surface area contributed by atoms with Crippen molar-refractivity contribution in [2.45, 2.75) is 52.4 Å². The SMILES string of the molecule is CCOC(=O)c1c(NC(=O)CC)sc2c1C(C)CCC2. The van der Waals surface area contributed by atoms with E-state index in [4.69, 9.17) is 4.74 Å². The van der Waals surface area contributed by atoms with E-state index < -0.39 is 0 Å². The molecule has 1 aliphatic rings. The van der Waals surface area contributed by atoms with Gasteiger partial charge in [-0.3, -0.25) is 4.79 Å². The summed E-state index contributed by atoms with van der Waals surface area (Å²) in [5.41, 5.74) is 1.67. The van der Waals surface area contributed by atoms with Crippen LogP contribution in [0.1, 0.15) is 66.8 Å². The van der Waals surface area contributed by atoms with Crippen molar-refractivity contribution in [3.8, 4) is 0 Å². The summed E-state index contributed by atoms with van der Waals surface area (Å²) in [6.07, 6.45) is 3.61. The van der Waals surface area contributed by atoms with Crippen LogP contribution in [0.4, 0.5) is 5.00 Å². The number of esters is 1. The van der Waals surface area contributed by atoms with E-state index in [1.807, 2.05) is 0 Å². The molecule has 0 aromatic carbocycles. The van der Waals surface area contributed by atoms with E-state index in [2.05, 4.69) is 12.2 Å². The van der Waals surface area contributed by atoms with Crippen LogP contribution in [-0.4, -0.2) is 18.5 Å². The maximum atomic E-state index is 12.2. The lowest BCUT2D eigenvalue weighted by Crippen LogP contribution is -2.15. The minimum atomic E-state index is -0.315. The molecule has 0 saturated carbocycles. The molecule has 1 heterocycles. The van der Waals surface area contributed by atoms with Gasteiger partial charge < -0.3 is 10.1 Å². The second-order valence-corrected chi connectivity index (χ2v) is 6.16. The highest BCUT2D eigenvalue weighted by molar-refractivity contribution is 7.17. The Morgan fingerprint density at radius 1 is 1.40 bits per heavy atom. The summed E-state index contributed by atoms with van der Waals surface area (Å²) < 4.78 is 5.17. The maximum Gasteiger partial charge on any atom is 0.341 e. The fourth-order valence-electron chi connectivity index (χ4n) is 2.62. The van der Waals surface area contributed by atoms with E-state index >= 15 is 0 Å². The predicted octanol–water partition coefficient (Wildman–Crippen LogP) is 3.71. The van der Waals surface area contributed by atoms with Crippen LogP contribution in [0.3, 0.4) is 0 Å². The zero-order valence-corrected chi connectivity index (χ0v) is 13.1. The fourth-order valence-corrected chi connectivity index (χ4v) is 3.99. The van der Waals surface area contributed by atoms with Crippen molar-refractivity contribution < 1.29 is 14.3 Å². The predicted molar refractivity (Wildman–Crippen MR) is 80.5 cm³/mol. The Hall–Kier alpha value is -1.36. The Morgan fingerprint density at radius 3 is 2.80 bits per heavy atom. The Kier molecular flexibility index (Phi) is 4.81. The number of thiophene rings is 1. The standard InChI is InChI=1S/C15H21NO3S/c1-4-11(17)16-14-13(15(18)19-5-2)12-9(3)7-6-8-10(12)20-14/h9H,4-8H2,1-3H3,(H,16,17). The van der Waals surface area contributed by atoms with Crippen molar-refractivity contribution >= 4 is 28.2 Å². The second kappa shape index (κ2) is 6.39. The third-order valence-electron chi connectivity index (χ3n) is 3.61. The molecule has 5 heteroatoms. The van der Waals surface area contributed by atoms with Crippen LogP contribution in [0.25, 0.3) is 0 Å². The molecule has 1 atom stereocenters. The van der Waals surface area contributed by atoms with Crippen LogP contribution >= 0.6 is 11.3 Å². The molecule has 0 fully saturated rings. The first-order valence-corrected chi connectivity index (χ1v) is 8.02. The van der Waals surface area contributed by atoms with Crippen LogP contribution < -0.4 is 5.32 Å². The van der Waals surface area contributed by atoms with Crippen LogP contribution in [0.15, 0.2) is 0 Å². The van der Waals surface area contributed by atoms with Crippen LogP contribution in [-0.2, 0) is 16.0 Å². The van der Waals surface area contributed by atoms with Crippen molar-refractivity contribution in [3.63, 3.8) is 0 Å². The largest absolute Gasteiger partial charge is 0.462 e. The summed E-state index contributed by atoms with van der Waals surface area (Å²) in [6, 6.07) is 0. The van der Waals surface area contributed by atoms with Crippen molar-refractivity contribution in [2.24, 2.45) is 0 Å². The van der Waals surface area contributed by atoms with E-state index in [9.17, 15) is 9.59 Å². The molecule has 1 N–H and O–H groups in total. The van der Waals surface area contributed by atoms with Crippen molar-refractivity contribution in [1.29, 1.82) is 0 Å². The molecule has 2 rings (SSSR count). The van der Waals surface area contributed by atoms with Gasteiger partial charge in [0.15, 0.2) is 0 Å². The topological polar surface area (TPSA) is 55.4 Å². The van der Waals surface area contributed by atoms with Gasteiger partial charge in [0.25, 0.3) is 0 Å². The lowest BCUT2D eigenvalue weighted by atomic mass is 9.86. The molecule has 0 saturated heterocycles. The maximum absolute atomic E-state index is 12.2. The smallest absolute Gasteiger partial charge is 0.341 e. The van der Waals surface area contributed by atoms with Gasteiger partial charge in [0.2, 0.25) is 5.91 Å². The zero-order chi connectivity index (χ0) is 14.7. The van der Waals surface area contributed by atoms with E-state index in [-0.39, 0.29) is 11.9 Å². The highest BCUT2D eigenvalue weighted by atomic mass is 32.1.